The highest BCUT2D eigenvalue weighted by molar-refractivity contribution is 5.88. The third kappa shape index (κ3) is 8.32. The first-order valence-corrected chi connectivity index (χ1v) is 7.81. The van der Waals surface area contributed by atoms with Crippen molar-refractivity contribution in [3.05, 3.63) is 48.6 Å². The summed E-state index contributed by atoms with van der Waals surface area (Å²) in [6, 6.07) is 9.86. The second-order valence-electron chi connectivity index (χ2n) is 5.18. The summed E-state index contributed by atoms with van der Waals surface area (Å²) in [6.07, 6.45) is 2.60. The molecule has 0 fully saturated rings. The molecule has 1 aromatic carbocycles. The van der Waals surface area contributed by atoms with E-state index in [2.05, 4.69) is 17.2 Å². The fourth-order valence-electron chi connectivity index (χ4n) is 1.99. The molecule has 0 radical (unpaired) electrons. The maximum atomic E-state index is 12.0. The Kier molecular flexibility index (Phi) is 9.08. The molecule has 0 bridgehead atoms. The summed E-state index contributed by atoms with van der Waals surface area (Å²) >= 11 is 0. The molecule has 0 aromatic heterocycles. The quantitative estimate of drug-likeness (QED) is 0.484. The van der Waals surface area contributed by atoms with Crippen LogP contribution in [-0.4, -0.2) is 37.0 Å². The van der Waals surface area contributed by atoms with Gasteiger partial charge in [-0.1, -0.05) is 36.4 Å². The van der Waals surface area contributed by atoms with Crippen molar-refractivity contribution in [1.82, 2.24) is 10.6 Å². The molecule has 2 amide bonds. The largest absolute Gasteiger partial charge is 0.449 e. The molecule has 0 spiro atoms. The molecule has 0 saturated heterocycles. The van der Waals surface area contributed by atoms with E-state index in [1.807, 2.05) is 30.3 Å². The van der Waals surface area contributed by atoms with Crippen LogP contribution in [-0.2, 0) is 25.5 Å². The van der Waals surface area contributed by atoms with Crippen molar-refractivity contribution >= 4 is 17.8 Å². The van der Waals surface area contributed by atoms with Gasteiger partial charge in [-0.3, -0.25) is 9.59 Å². The summed E-state index contributed by atoms with van der Waals surface area (Å²) in [7, 11) is 0. The highest BCUT2D eigenvalue weighted by Gasteiger charge is 2.22. The lowest BCUT2D eigenvalue weighted by Gasteiger charge is -2.17. The summed E-state index contributed by atoms with van der Waals surface area (Å²) in [6.45, 7) is 2.88. The maximum absolute atomic E-state index is 12.0. The Bertz CT molecular complexity index is 637. The van der Waals surface area contributed by atoms with Gasteiger partial charge in [-0.25, -0.2) is 4.79 Å². The number of hydrogen-bond acceptors (Lipinski definition) is 5. The highest BCUT2D eigenvalue weighted by Crippen LogP contribution is 2.05. The molecule has 25 heavy (non-hydrogen) atoms. The minimum absolute atomic E-state index is 0.223. The molecule has 1 aromatic rings. The average Bonchev–Trinajstić information content (AvgIpc) is 2.63. The first kappa shape index (κ1) is 19.9. The van der Waals surface area contributed by atoms with Crippen LogP contribution in [0.15, 0.2) is 43.0 Å². The zero-order valence-corrected chi connectivity index (χ0v) is 13.9. The number of nitrogens with one attached hydrogen (secondary N) is 2. The molecule has 132 valence electrons. The van der Waals surface area contributed by atoms with E-state index in [1.54, 1.807) is 12.1 Å². The Morgan fingerprint density at radius 2 is 1.96 bits per heavy atom. The number of ether oxygens (including phenoxy) is 1. The third-order valence-electron chi connectivity index (χ3n) is 3.20. The van der Waals surface area contributed by atoms with Gasteiger partial charge in [0.15, 0.2) is 6.61 Å². The third-order valence-corrected chi connectivity index (χ3v) is 3.20. The van der Waals surface area contributed by atoms with Crippen LogP contribution < -0.4 is 10.6 Å². The van der Waals surface area contributed by atoms with Crippen molar-refractivity contribution in [2.24, 2.45) is 0 Å². The van der Waals surface area contributed by atoms with Crippen LogP contribution in [0, 0.1) is 11.3 Å². The summed E-state index contributed by atoms with van der Waals surface area (Å²) in [5.74, 6) is -1.49. The van der Waals surface area contributed by atoms with Gasteiger partial charge in [0.1, 0.15) is 12.1 Å². The van der Waals surface area contributed by atoms with Gasteiger partial charge in [0.25, 0.3) is 0 Å². The van der Waals surface area contributed by atoms with Gasteiger partial charge >= 0.3 is 5.97 Å². The average molecular weight is 343 g/mol. The molecule has 0 saturated carbocycles. The molecule has 1 rings (SSSR count). The van der Waals surface area contributed by atoms with Gasteiger partial charge in [0, 0.05) is 12.8 Å². The molecule has 0 aliphatic heterocycles. The van der Waals surface area contributed by atoms with Gasteiger partial charge in [-0.2, -0.15) is 5.26 Å². The van der Waals surface area contributed by atoms with Crippen LogP contribution >= 0.6 is 0 Å². The molecule has 2 N–H and O–H groups in total. The number of benzene rings is 1. The van der Waals surface area contributed by atoms with Crippen LogP contribution in [0.3, 0.4) is 0 Å². The Labute approximate surface area is 146 Å². The van der Waals surface area contributed by atoms with Gasteiger partial charge in [0.2, 0.25) is 11.8 Å². The van der Waals surface area contributed by atoms with Gasteiger partial charge < -0.3 is 15.4 Å². The van der Waals surface area contributed by atoms with Crippen LogP contribution in [0.1, 0.15) is 18.4 Å². The minimum Gasteiger partial charge on any atom is -0.449 e. The maximum Gasteiger partial charge on any atom is 0.330 e. The molecule has 1 unspecified atom stereocenters. The van der Waals surface area contributed by atoms with E-state index in [1.165, 1.54) is 0 Å². The van der Waals surface area contributed by atoms with Crippen molar-refractivity contribution < 1.29 is 19.1 Å². The molecular formula is C18H21N3O4. The van der Waals surface area contributed by atoms with E-state index in [-0.39, 0.29) is 25.3 Å². The predicted molar refractivity (Wildman–Crippen MR) is 91.1 cm³/mol. The summed E-state index contributed by atoms with van der Waals surface area (Å²) in [5, 5.41) is 13.5. The molecule has 0 aliphatic rings. The van der Waals surface area contributed by atoms with E-state index < -0.39 is 24.5 Å². The van der Waals surface area contributed by atoms with E-state index in [4.69, 9.17) is 10.00 Å². The number of nitriles is 1. The Balaban J connectivity index is 2.61. The molecular weight excluding hydrogens is 322 g/mol. The Morgan fingerprint density at radius 3 is 2.60 bits per heavy atom. The normalized spacial score (nSPS) is 10.8. The van der Waals surface area contributed by atoms with Crippen LogP contribution in [0.5, 0.6) is 0 Å². The Morgan fingerprint density at radius 1 is 1.24 bits per heavy atom. The minimum atomic E-state index is -0.937. The zero-order chi connectivity index (χ0) is 18.5. The van der Waals surface area contributed by atoms with E-state index >= 15 is 0 Å². The van der Waals surface area contributed by atoms with Gasteiger partial charge in [-0.15, -0.1) is 6.58 Å². The monoisotopic (exact) mass is 343 g/mol. The standard InChI is InChI=1S/C18H21N3O4/c1-2-3-9-16(22)20-13-17(23)21-15(18(24)25-11-10-19)12-14-7-5-4-6-8-14/h2,4-8,15H,1,3,9,11-13H2,(H,20,22)(H,21,23). The number of amides is 2. The fraction of sp³-hybridized carbons (Fsp3) is 0.333. The molecule has 1 atom stereocenters. The number of rotatable bonds is 10. The lowest BCUT2D eigenvalue weighted by Crippen LogP contribution is -2.47. The van der Waals surface area contributed by atoms with Crippen LogP contribution in [0.25, 0.3) is 0 Å². The highest BCUT2D eigenvalue weighted by atomic mass is 16.5. The van der Waals surface area contributed by atoms with Crippen molar-refractivity contribution in [2.45, 2.75) is 25.3 Å². The predicted octanol–water partition coefficient (Wildman–Crippen LogP) is 0.863. The van der Waals surface area contributed by atoms with Crippen molar-refractivity contribution in [1.29, 1.82) is 5.26 Å². The first-order chi connectivity index (χ1) is 12.1. The number of allylic oxidation sites excluding steroid dienone is 1. The molecule has 7 nitrogen and oxygen atoms in total. The van der Waals surface area contributed by atoms with E-state index in [0.29, 0.717) is 6.42 Å². The molecule has 0 aliphatic carbocycles. The van der Waals surface area contributed by atoms with E-state index in [9.17, 15) is 14.4 Å². The van der Waals surface area contributed by atoms with Crippen LogP contribution in [0.2, 0.25) is 0 Å². The number of esters is 1. The summed E-state index contributed by atoms with van der Waals surface area (Å²) in [4.78, 5) is 35.5. The molecule has 7 heteroatoms. The Hall–Kier alpha value is -3.14. The number of carbonyl (C=O) groups is 3. The van der Waals surface area contributed by atoms with E-state index in [0.717, 1.165) is 5.56 Å². The summed E-state index contributed by atoms with van der Waals surface area (Å²) < 4.78 is 4.79. The number of hydrogen-bond donors (Lipinski definition) is 2. The lowest BCUT2D eigenvalue weighted by atomic mass is 10.1. The molecule has 0 heterocycles. The van der Waals surface area contributed by atoms with Crippen molar-refractivity contribution in [3.63, 3.8) is 0 Å². The fourth-order valence-corrected chi connectivity index (χ4v) is 1.99. The summed E-state index contributed by atoms with van der Waals surface area (Å²) in [5.41, 5.74) is 0.830. The number of nitrogens with zero attached hydrogens (tertiary/aromatic N) is 1. The number of carbonyl (C=O) groups excluding carboxylic acids is 3. The smallest absolute Gasteiger partial charge is 0.330 e. The van der Waals surface area contributed by atoms with Gasteiger partial charge in [-0.05, 0) is 12.0 Å². The van der Waals surface area contributed by atoms with Gasteiger partial charge in [0.05, 0.1) is 6.54 Å². The van der Waals surface area contributed by atoms with Crippen molar-refractivity contribution in [2.75, 3.05) is 13.2 Å². The second kappa shape index (κ2) is 11.4. The second-order valence-corrected chi connectivity index (χ2v) is 5.18. The first-order valence-electron chi connectivity index (χ1n) is 7.81. The van der Waals surface area contributed by atoms with Crippen LogP contribution in [0.4, 0.5) is 0 Å². The SMILES string of the molecule is C=CCCC(=O)NCC(=O)NC(Cc1ccccc1)C(=O)OCC#N. The lowest BCUT2D eigenvalue weighted by molar-refractivity contribution is -0.146. The topological polar surface area (TPSA) is 108 Å². The van der Waals surface area contributed by atoms with Crippen molar-refractivity contribution in [3.8, 4) is 6.07 Å². The zero-order valence-electron chi connectivity index (χ0n) is 13.9.